The molecule has 202 valence electrons. The Bertz CT molecular complexity index is 1200. The first kappa shape index (κ1) is 29.1. The van der Waals surface area contributed by atoms with Crippen molar-refractivity contribution in [2.45, 2.75) is 57.7 Å². The molecule has 1 atom stereocenters. The second-order valence-electron chi connectivity index (χ2n) is 9.15. The van der Waals surface area contributed by atoms with Crippen molar-refractivity contribution >= 4 is 50.7 Å². The fourth-order valence-electron chi connectivity index (χ4n) is 4.48. The average molecular weight is 571 g/mol. The molecule has 8 nitrogen and oxygen atoms in total. The molecule has 2 amide bonds. The van der Waals surface area contributed by atoms with Crippen molar-refractivity contribution in [2.24, 2.45) is 0 Å². The Labute approximate surface area is 228 Å². The summed E-state index contributed by atoms with van der Waals surface area (Å²) in [5.74, 6) is -0.210. The van der Waals surface area contributed by atoms with E-state index in [1.54, 1.807) is 42.5 Å². The third-order valence-corrected chi connectivity index (χ3v) is 8.34. The topological polar surface area (TPSA) is 96.0 Å². The van der Waals surface area contributed by atoms with Crippen LogP contribution in [0.2, 0.25) is 10.0 Å². The summed E-state index contributed by atoms with van der Waals surface area (Å²) in [4.78, 5) is 28.5. The van der Waals surface area contributed by atoms with Crippen molar-refractivity contribution in [1.82, 2.24) is 10.2 Å². The predicted octanol–water partition coefficient (Wildman–Crippen LogP) is 4.63. The lowest BCUT2D eigenvalue weighted by Crippen LogP contribution is -2.53. The van der Waals surface area contributed by atoms with Gasteiger partial charge >= 0.3 is 0 Å². The SMILES string of the molecule is CCC(C(=O)NC1CCCC1)N(Cc1ccc(Cl)c(Cl)c1)C(=O)CN(c1ccc(OC)cc1)S(C)(=O)=O. The molecule has 1 N–H and O–H groups in total. The molecule has 1 fully saturated rings. The number of nitrogens with one attached hydrogen (secondary N) is 1. The maximum absolute atomic E-state index is 13.8. The Morgan fingerprint density at radius 3 is 2.27 bits per heavy atom. The highest BCUT2D eigenvalue weighted by molar-refractivity contribution is 7.92. The van der Waals surface area contributed by atoms with E-state index < -0.39 is 28.5 Å². The molecule has 0 saturated heterocycles. The van der Waals surface area contributed by atoms with Crippen molar-refractivity contribution < 1.29 is 22.7 Å². The van der Waals surface area contributed by atoms with Gasteiger partial charge in [-0.25, -0.2) is 8.42 Å². The Kier molecular flexibility index (Phi) is 10.1. The molecule has 37 heavy (non-hydrogen) atoms. The molecule has 0 radical (unpaired) electrons. The second-order valence-corrected chi connectivity index (χ2v) is 11.9. The summed E-state index contributed by atoms with van der Waals surface area (Å²) in [5.41, 5.74) is 0.986. The molecule has 1 aliphatic rings. The largest absolute Gasteiger partial charge is 0.497 e. The monoisotopic (exact) mass is 569 g/mol. The molecule has 2 aromatic carbocycles. The number of carbonyl (C=O) groups excluding carboxylic acids is 2. The highest BCUT2D eigenvalue weighted by atomic mass is 35.5. The van der Waals surface area contributed by atoms with Crippen LogP contribution in [0.15, 0.2) is 42.5 Å². The summed E-state index contributed by atoms with van der Waals surface area (Å²) in [7, 11) is -2.31. The molecule has 0 aliphatic heterocycles. The highest BCUT2D eigenvalue weighted by Gasteiger charge is 2.33. The lowest BCUT2D eigenvalue weighted by Gasteiger charge is -2.33. The van der Waals surface area contributed by atoms with Gasteiger partial charge < -0.3 is 15.0 Å². The van der Waals surface area contributed by atoms with Crippen molar-refractivity contribution in [2.75, 3.05) is 24.2 Å². The number of halogens is 2. The van der Waals surface area contributed by atoms with E-state index in [4.69, 9.17) is 27.9 Å². The summed E-state index contributed by atoms with van der Waals surface area (Å²) in [6.45, 7) is 1.41. The van der Waals surface area contributed by atoms with Crippen molar-refractivity contribution in [3.8, 4) is 5.75 Å². The Morgan fingerprint density at radius 2 is 1.73 bits per heavy atom. The number of nitrogens with zero attached hydrogens (tertiary/aromatic N) is 2. The molecule has 3 rings (SSSR count). The van der Waals surface area contributed by atoms with E-state index >= 15 is 0 Å². The number of ether oxygens (including phenoxy) is 1. The summed E-state index contributed by atoms with van der Waals surface area (Å²) >= 11 is 12.3. The molecule has 0 aromatic heterocycles. The minimum Gasteiger partial charge on any atom is -0.497 e. The number of rotatable bonds is 11. The molecule has 2 aromatic rings. The van der Waals surface area contributed by atoms with Gasteiger partial charge in [0.1, 0.15) is 18.3 Å². The van der Waals surface area contributed by atoms with E-state index in [0.29, 0.717) is 33.5 Å². The van der Waals surface area contributed by atoms with Crippen LogP contribution >= 0.6 is 23.2 Å². The normalized spacial score (nSPS) is 14.7. The maximum Gasteiger partial charge on any atom is 0.244 e. The zero-order valence-electron chi connectivity index (χ0n) is 21.2. The molecule has 1 aliphatic carbocycles. The lowest BCUT2D eigenvalue weighted by molar-refractivity contribution is -0.140. The van der Waals surface area contributed by atoms with E-state index in [9.17, 15) is 18.0 Å². The van der Waals surface area contributed by atoms with Gasteiger partial charge in [-0.3, -0.25) is 13.9 Å². The summed E-state index contributed by atoms with van der Waals surface area (Å²) in [6.07, 6.45) is 5.31. The van der Waals surface area contributed by atoms with Crippen LogP contribution in [-0.4, -0.2) is 57.1 Å². The fraction of sp³-hybridized carbons (Fsp3) is 0.462. The van der Waals surface area contributed by atoms with Crippen LogP contribution in [0.3, 0.4) is 0 Å². The van der Waals surface area contributed by atoms with Crippen LogP contribution in [0.4, 0.5) is 5.69 Å². The van der Waals surface area contributed by atoms with Gasteiger partial charge in [-0.2, -0.15) is 0 Å². The van der Waals surface area contributed by atoms with Gasteiger partial charge in [-0.05, 0) is 61.2 Å². The van der Waals surface area contributed by atoms with E-state index in [2.05, 4.69) is 5.32 Å². The Balaban J connectivity index is 1.93. The van der Waals surface area contributed by atoms with E-state index in [1.165, 1.54) is 12.0 Å². The predicted molar refractivity (Wildman–Crippen MR) is 147 cm³/mol. The fourth-order valence-corrected chi connectivity index (χ4v) is 5.65. The third-order valence-electron chi connectivity index (χ3n) is 6.46. The molecule has 11 heteroatoms. The smallest absolute Gasteiger partial charge is 0.244 e. The Morgan fingerprint density at radius 1 is 1.08 bits per heavy atom. The molecule has 1 unspecified atom stereocenters. The minimum absolute atomic E-state index is 0.0620. The zero-order chi connectivity index (χ0) is 27.2. The number of amides is 2. The van der Waals surface area contributed by atoms with Gasteiger partial charge in [-0.15, -0.1) is 0 Å². The van der Waals surface area contributed by atoms with Crippen LogP contribution in [0.5, 0.6) is 5.75 Å². The quantitative estimate of drug-likeness (QED) is 0.425. The van der Waals surface area contributed by atoms with E-state index in [0.717, 1.165) is 36.2 Å². The number of carbonyl (C=O) groups is 2. The standard InChI is InChI=1S/C26H33Cl2N3O5S/c1-4-24(26(33)29-19-7-5-6-8-19)30(16-18-9-14-22(27)23(28)15-18)25(32)17-31(37(3,34)35)20-10-12-21(36-2)13-11-20/h9-15,19,24H,4-8,16-17H2,1-3H3,(H,29,33). The van der Waals surface area contributed by atoms with Crippen molar-refractivity contribution in [1.29, 1.82) is 0 Å². The van der Waals surface area contributed by atoms with E-state index in [-0.39, 0.29) is 18.5 Å². The molecule has 1 saturated carbocycles. The number of benzene rings is 2. The van der Waals surface area contributed by atoms with Gasteiger partial charge in [0.05, 0.1) is 29.1 Å². The number of hydrogen-bond acceptors (Lipinski definition) is 5. The number of hydrogen-bond donors (Lipinski definition) is 1. The van der Waals surface area contributed by atoms with Gasteiger partial charge in [-0.1, -0.05) is 49.0 Å². The van der Waals surface area contributed by atoms with Gasteiger partial charge in [0.15, 0.2) is 0 Å². The first-order valence-corrected chi connectivity index (χ1v) is 14.8. The van der Waals surface area contributed by atoms with Crippen molar-refractivity contribution in [3.05, 3.63) is 58.1 Å². The first-order chi connectivity index (χ1) is 17.5. The summed E-state index contributed by atoms with van der Waals surface area (Å²) in [5, 5.41) is 3.77. The first-order valence-electron chi connectivity index (χ1n) is 12.2. The third kappa shape index (κ3) is 7.75. The second kappa shape index (κ2) is 12.8. The molecule has 0 heterocycles. The lowest BCUT2D eigenvalue weighted by atomic mass is 10.1. The number of sulfonamides is 1. The number of methoxy groups -OCH3 is 1. The van der Waals surface area contributed by atoms with Gasteiger partial charge in [0.25, 0.3) is 0 Å². The zero-order valence-corrected chi connectivity index (χ0v) is 23.6. The molecule has 0 spiro atoms. The highest BCUT2D eigenvalue weighted by Crippen LogP contribution is 2.26. The molecule has 0 bridgehead atoms. The minimum atomic E-state index is -3.82. The number of anilines is 1. The van der Waals surface area contributed by atoms with Crippen molar-refractivity contribution in [3.63, 3.8) is 0 Å². The van der Waals surface area contributed by atoms with Gasteiger partial charge in [0.2, 0.25) is 21.8 Å². The van der Waals surface area contributed by atoms with Crippen LogP contribution < -0.4 is 14.4 Å². The van der Waals surface area contributed by atoms with Crippen LogP contribution in [0.25, 0.3) is 0 Å². The maximum atomic E-state index is 13.8. The van der Waals surface area contributed by atoms with Crippen LogP contribution in [0.1, 0.15) is 44.6 Å². The summed E-state index contributed by atoms with van der Waals surface area (Å²) < 4.78 is 31.6. The molecular formula is C26H33Cl2N3O5S. The van der Waals surface area contributed by atoms with Gasteiger partial charge in [0, 0.05) is 12.6 Å². The Hall–Kier alpha value is -2.49. The average Bonchev–Trinajstić information content (AvgIpc) is 3.37. The van der Waals surface area contributed by atoms with Crippen LogP contribution in [0, 0.1) is 0 Å². The van der Waals surface area contributed by atoms with E-state index in [1.807, 2.05) is 6.92 Å². The summed E-state index contributed by atoms with van der Waals surface area (Å²) in [6, 6.07) is 10.7. The molecular weight excluding hydrogens is 537 g/mol. The van der Waals surface area contributed by atoms with Crippen LogP contribution in [-0.2, 0) is 26.2 Å².